The second-order valence-corrected chi connectivity index (χ2v) is 5.23. The van der Waals surface area contributed by atoms with E-state index in [2.05, 4.69) is 12.2 Å². The van der Waals surface area contributed by atoms with Gasteiger partial charge < -0.3 is 5.32 Å². The average molecular weight is 195 g/mol. The van der Waals surface area contributed by atoms with Gasteiger partial charge in [0.15, 0.2) is 0 Å². The molecule has 0 bridgehead atoms. The van der Waals surface area contributed by atoms with Crippen molar-refractivity contribution in [3.8, 4) is 0 Å². The molecule has 0 amide bonds. The van der Waals surface area contributed by atoms with Gasteiger partial charge in [0.25, 0.3) is 0 Å². The van der Waals surface area contributed by atoms with Crippen LogP contribution in [0.1, 0.15) is 58.3 Å². The van der Waals surface area contributed by atoms with Crippen molar-refractivity contribution in [1.29, 1.82) is 0 Å². The molecule has 0 heterocycles. The molecular weight excluding hydrogens is 170 g/mol. The van der Waals surface area contributed by atoms with Crippen molar-refractivity contribution in [3.63, 3.8) is 0 Å². The minimum absolute atomic E-state index is 0.902. The quantitative estimate of drug-likeness (QED) is 0.709. The number of nitrogens with one attached hydrogen (secondary N) is 1. The van der Waals surface area contributed by atoms with Gasteiger partial charge in [0.05, 0.1) is 0 Å². The van der Waals surface area contributed by atoms with E-state index in [-0.39, 0.29) is 0 Å². The lowest BCUT2D eigenvalue weighted by atomic mass is 9.76. The molecule has 0 aliphatic heterocycles. The van der Waals surface area contributed by atoms with E-state index in [0.29, 0.717) is 0 Å². The molecule has 0 aromatic carbocycles. The molecule has 1 N–H and O–H groups in total. The number of hydrogen-bond donors (Lipinski definition) is 1. The molecule has 2 rings (SSSR count). The second-order valence-electron chi connectivity index (χ2n) is 5.23. The Hall–Kier alpha value is -0.0400. The monoisotopic (exact) mass is 195 g/mol. The molecule has 2 aliphatic rings. The van der Waals surface area contributed by atoms with Gasteiger partial charge in [-0.25, -0.2) is 0 Å². The topological polar surface area (TPSA) is 12.0 Å². The van der Waals surface area contributed by atoms with Gasteiger partial charge in [0.1, 0.15) is 0 Å². The van der Waals surface area contributed by atoms with Crippen molar-refractivity contribution < 1.29 is 0 Å². The van der Waals surface area contributed by atoms with Crippen molar-refractivity contribution in [2.75, 3.05) is 6.54 Å². The third-order valence-corrected chi connectivity index (χ3v) is 4.12. The highest BCUT2D eigenvalue weighted by Crippen LogP contribution is 2.34. The van der Waals surface area contributed by atoms with Crippen LogP contribution in [0.2, 0.25) is 0 Å². The largest absolute Gasteiger partial charge is 0.314 e. The minimum atomic E-state index is 0.902. The van der Waals surface area contributed by atoms with Crippen molar-refractivity contribution in [3.05, 3.63) is 0 Å². The third kappa shape index (κ3) is 2.98. The van der Waals surface area contributed by atoms with E-state index in [9.17, 15) is 0 Å². The first-order valence-electron chi connectivity index (χ1n) is 6.63. The normalized spacial score (nSPS) is 33.2. The molecule has 1 heteroatoms. The van der Waals surface area contributed by atoms with E-state index in [1.807, 2.05) is 0 Å². The lowest BCUT2D eigenvalue weighted by Gasteiger charge is -2.30. The zero-order chi connectivity index (χ0) is 9.80. The fraction of sp³-hybridized carbons (Fsp3) is 1.00. The Balaban J connectivity index is 1.64. The highest BCUT2D eigenvalue weighted by molar-refractivity contribution is 4.82. The fourth-order valence-electron chi connectivity index (χ4n) is 2.96. The molecule has 0 radical (unpaired) electrons. The summed E-state index contributed by atoms with van der Waals surface area (Å²) in [5, 5.41) is 3.65. The maximum Gasteiger partial charge on any atom is 0.00682 e. The summed E-state index contributed by atoms with van der Waals surface area (Å²) in [5.74, 6) is 2.09. The summed E-state index contributed by atoms with van der Waals surface area (Å²) in [4.78, 5) is 0. The Bertz CT molecular complexity index is 163. The van der Waals surface area contributed by atoms with Crippen LogP contribution in [0.15, 0.2) is 0 Å². The molecule has 1 nitrogen and oxygen atoms in total. The number of hydrogen-bond acceptors (Lipinski definition) is 1. The first-order chi connectivity index (χ1) is 6.90. The molecule has 0 saturated heterocycles. The maximum absolute atomic E-state index is 3.65. The summed E-state index contributed by atoms with van der Waals surface area (Å²) in [6.45, 7) is 3.66. The molecule has 0 aromatic heterocycles. The van der Waals surface area contributed by atoms with Crippen LogP contribution in [0, 0.1) is 11.8 Å². The summed E-state index contributed by atoms with van der Waals surface area (Å²) in [7, 11) is 0. The van der Waals surface area contributed by atoms with Crippen molar-refractivity contribution in [2.45, 2.75) is 64.3 Å². The van der Waals surface area contributed by atoms with Gasteiger partial charge in [-0.15, -0.1) is 0 Å². The Morgan fingerprint density at radius 2 is 1.71 bits per heavy atom. The van der Waals surface area contributed by atoms with E-state index in [0.717, 1.165) is 17.9 Å². The van der Waals surface area contributed by atoms with Gasteiger partial charge in [-0.05, 0) is 37.6 Å². The van der Waals surface area contributed by atoms with Crippen LogP contribution in [-0.2, 0) is 0 Å². The standard InChI is InChI=1S/C13H25N/c1-2-11-5-3-4-6-12(11)9-10-14-13-7-8-13/h11-14H,2-10H2,1H3. The minimum Gasteiger partial charge on any atom is -0.314 e. The molecule has 2 atom stereocenters. The molecule has 82 valence electrons. The van der Waals surface area contributed by atoms with E-state index in [1.165, 1.54) is 57.9 Å². The average Bonchev–Trinajstić information content (AvgIpc) is 3.03. The Morgan fingerprint density at radius 3 is 2.36 bits per heavy atom. The fourth-order valence-corrected chi connectivity index (χ4v) is 2.96. The third-order valence-electron chi connectivity index (χ3n) is 4.12. The molecule has 14 heavy (non-hydrogen) atoms. The zero-order valence-corrected chi connectivity index (χ0v) is 9.60. The summed E-state index contributed by atoms with van der Waals surface area (Å²) in [5.41, 5.74) is 0. The highest BCUT2D eigenvalue weighted by Gasteiger charge is 2.24. The van der Waals surface area contributed by atoms with Crippen molar-refractivity contribution in [2.24, 2.45) is 11.8 Å². The van der Waals surface area contributed by atoms with Gasteiger partial charge in [0.2, 0.25) is 0 Å². The lowest BCUT2D eigenvalue weighted by molar-refractivity contribution is 0.216. The summed E-state index contributed by atoms with van der Waals surface area (Å²) >= 11 is 0. The predicted molar refractivity (Wildman–Crippen MR) is 61.4 cm³/mol. The number of rotatable bonds is 5. The van der Waals surface area contributed by atoms with E-state index in [4.69, 9.17) is 0 Å². The van der Waals surface area contributed by atoms with Gasteiger partial charge in [-0.3, -0.25) is 0 Å². The molecule has 2 saturated carbocycles. The first kappa shape index (κ1) is 10.5. The van der Waals surface area contributed by atoms with Gasteiger partial charge in [0, 0.05) is 6.04 Å². The zero-order valence-electron chi connectivity index (χ0n) is 9.60. The van der Waals surface area contributed by atoms with Gasteiger partial charge >= 0.3 is 0 Å². The molecule has 0 aromatic rings. The summed E-state index contributed by atoms with van der Waals surface area (Å²) in [6, 6.07) is 0.902. The highest BCUT2D eigenvalue weighted by atomic mass is 14.9. The molecule has 2 aliphatic carbocycles. The van der Waals surface area contributed by atoms with Crippen LogP contribution in [0.4, 0.5) is 0 Å². The van der Waals surface area contributed by atoms with Crippen molar-refractivity contribution in [1.82, 2.24) is 5.32 Å². The Morgan fingerprint density at radius 1 is 1.00 bits per heavy atom. The Kier molecular flexibility index (Phi) is 3.86. The molecule has 0 spiro atoms. The summed E-state index contributed by atoms with van der Waals surface area (Å²) < 4.78 is 0. The predicted octanol–water partition coefficient (Wildman–Crippen LogP) is 3.34. The van der Waals surface area contributed by atoms with E-state index >= 15 is 0 Å². The van der Waals surface area contributed by atoms with Gasteiger partial charge in [-0.2, -0.15) is 0 Å². The summed E-state index contributed by atoms with van der Waals surface area (Å²) in [6.07, 6.45) is 11.7. The van der Waals surface area contributed by atoms with E-state index < -0.39 is 0 Å². The molecule has 2 unspecified atom stereocenters. The van der Waals surface area contributed by atoms with E-state index in [1.54, 1.807) is 0 Å². The second kappa shape index (κ2) is 5.16. The molecular formula is C13H25N. The Labute approximate surface area is 88.7 Å². The van der Waals surface area contributed by atoms with Crippen LogP contribution in [-0.4, -0.2) is 12.6 Å². The first-order valence-corrected chi connectivity index (χ1v) is 6.63. The van der Waals surface area contributed by atoms with Crippen LogP contribution in [0.3, 0.4) is 0 Å². The van der Waals surface area contributed by atoms with Crippen LogP contribution < -0.4 is 5.32 Å². The van der Waals surface area contributed by atoms with Crippen LogP contribution in [0.5, 0.6) is 0 Å². The van der Waals surface area contributed by atoms with Crippen molar-refractivity contribution >= 4 is 0 Å². The lowest BCUT2D eigenvalue weighted by Crippen LogP contribution is -2.25. The molecule has 2 fully saturated rings. The smallest absolute Gasteiger partial charge is 0.00682 e. The van der Waals surface area contributed by atoms with Crippen LogP contribution >= 0.6 is 0 Å². The SMILES string of the molecule is CCC1CCCCC1CCNC1CC1. The van der Waals surface area contributed by atoms with Crippen LogP contribution in [0.25, 0.3) is 0 Å². The maximum atomic E-state index is 3.65. The van der Waals surface area contributed by atoms with Gasteiger partial charge in [-0.1, -0.05) is 39.0 Å².